The van der Waals surface area contributed by atoms with Crippen LogP contribution < -0.4 is 10.2 Å². The normalized spacial score (nSPS) is 19.7. The van der Waals surface area contributed by atoms with Crippen LogP contribution in [-0.2, 0) is 13.6 Å². The van der Waals surface area contributed by atoms with E-state index in [1.165, 1.54) is 30.8 Å². The molecule has 0 saturated carbocycles. The lowest BCUT2D eigenvalue weighted by Crippen LogP contribution is -2.38. The highest BCUT2D eigenvalue weighted by Crippen LogP contribution is 2.24. The van der Waals surface area contributed by atoms with Gasteiger partial charge in [-0.25, -0.2) is 0 Å². The van der Waals surface area contributed by atoms with Gasteiger partial charge in [0.25, 0.3) is 0 Å². The number of likely N-dealkylation sites (tertiary alicyclic amines) is 1. The van der Waals surface area contributed by atoms with Crippen LogP contribution in [0.1, 0.15) is 37.9 Å². The van der Waals surface area contributed by atoms with E-state index in [0.29, 0.717) is 12.1 Å². The SMILES string of the molecule is Cc1nn(C)c(N(C)CC2CCCN2C)c1CNC(C)C. The summed E-state index contributed by atoms with van der Waals surface area (Å²) in [5, 5.41) is 8.15. The Bertz CT molecular complexity index is 465. The summed E-state index contributed by atoms with van der Waals surface area (Å²) >= 11 is 0. The first-order chi connectivity index (χ1) is 9.90. The Labute approximate surface area is 129 Å². The highest BCUT2D eigenvalue weighted by atomic mass is 15.4. The van der Waals surface area contributed by atoms with Gasteiger partial charge in [0.2, 0.25) is 0 Å². The minimum absolute atomic E-state index is 0.490. The molecule has 0 radical (unpaired) electrons. The second kappa shape index (κ2) is 6.79. The predicted octanol–water partition coefficient (Wildman–Crippen LogP) is 1.76. The molecule has 1 aliphatic rings. The number of aromatic nitrogens is 2. The molecule has 0 amide bonds. The number of nitrogens with one attached hydrogen (secondary N) is 1. The maximum Gasteiger partial charge on any atom is 0.131 e. The molecule has 1 aliphatic heterocycles. The summed E-state index contributed by atoms with van der Waals surface area (Å²) in [6, 6.07) is 1.15. The fraction of sp³-hybridized carbons (Fsp3) is 0.812. The number of hydrogen-bond donors (Lipinski definition) is 1. The predicted molar refractivity (Wildman–Crippen MR) is 88.8 cm³/mol. The standard InChI is InChI=1S/C16H31N5/c1-12(2)17-10-15-13(3)18-21(6)16(15)20(5)11-14-8-7-9-19(14)4/h12,14,17H,7-11H2,1-6H3. The monoisotopic (exact) mass is 293 g/mol. The number of nitrogens with zero attached hydrogens (tertiary/aromatic N) is 4. The minimum Gasteiger partial charge on any atom is -0.358 e. The van der Waals surface area contributed by atoms with Gasteiger partial charge in [-0.1, -0.05) is 13.8 Å². The number of anilines is 1. The van der Waals surface area contributed by atoms with Crippen LogP contribution >= 0.6 is 0 Å². The van der Waals surface area contributed by atoms with Crippen molar-refractivity contribution in [2.75, 3.05) is 32.1 Å². The summed E-state index contributed by atoms with van der Waals surface area (Å²) in [6.07, 6.45) is 2.62. The largest absolute Gasteiger partial charge is 0.358 e. The van der Waals surface area contributed by atoms with Gasteiger partial charge < -0.3 is 15.1 Å². The molecule has 21 heavy (non-hydrogen) atoms. The molecule has 0 spiro atoms. The van der Waals surface area contributed by atoms with Gasteiger partial charge in [-0.15, -0.1) is 0 Å². The molecular formula is C16H31N5. The molecule has 1 fully saturated rings. The third-order valence-corrected chi connectivity index (χ3v) is 4.52. The zero-order chi connectivity index (χ0) is 15.6. The first kappa shape index (κ1) is 16.3. The van der Waals surface area contributed by atoms with Crippen molar-refractivity contribution in [2.24, 2.45) is 7.05 Å². The average molecular weight is 293 g/mol. The van der Waals surface area contributed by atoms with Crippen molar-refractivity contribution in [2.45, 2.75) is 52.2 Å². The van der Waals surface area contributed by atoms with Crippen LogP contribution in [0, 0.1) is 6.92 Å². The topological polar surface area (TPSA) is 36.3 Å². The zero-order valence-corrected chi connectivity index (χ0v) is 14.5. The highest BCUT2D eigenvalue weighted by molar-refractivity contribution is 5.49. The lowest BCUT2D eigenvalue weighted by Gasteiger charge is -2.28. The Kier molecular flexibility index (Phi) is 5.27. The minimum atomic E-state index is 0.490. The van der Waals surface area contributed by atoms with E-state index in [1.807, 2.05) is 4.68 Å². The average Bonchev–Trinajstić information content (AvgIpc) is 2.90. The Morgan fingerprint density at radius 2 is 2.10 bits per heavy atom. The van der Waals surface area contributed by atoms with E-state index in [1.54, 1.807) is 0 Å². The van der Waals surface area contributed by atoms with Crippen molar-refractivity contribution in [3.05, 3.63) is 11.3 Å². The van der Waals surface area contributed by atoms with Gasteiger partial charge in [0.1, 0.15) is 5.82 Å². The summed E-state index contributed by atoms with van der Waals surface area (Å²) in [6.45, 7) is 9.66. The van der Waals surface area contributed by atoms with E-state index < -0.39 is 0 Å². The summed E-state index contributed by atoms with van der Waals surface area (Å²) < 4.78 is 2.03. The van der Waals surface area contributed by atoms with E-state index in [2.05, 4.69) is 62.1 Å². The number of likely N-dealkylation sites (N-methyl/N-ethyl adjacent to an activating group) is 2. The summed E-state index contributed by atoms with van der Waals surface area (Å²) in [4.78, 5) is 4.86. The Balaban J connectivity index is 2.13. The van der Waals surface area contributed by atoms with E-state index >= 15 is 0 Å². The first-order valence-electron chi connectivity index (χ1n) is 8.07. The molecular weight excluding hydrogens is 262 g/mol. The molecule has 2 rings (SSSR count). The molecule has 0 aliphatic carbocycles. The molecule has 1 N–H and O–H groups in total. The quantitative estimate of drug-likeness (QED) is 0.867. The molecule has 1 saturated heterocycles. The lowest BCUT2D eigenvalue weighted by atomic mass is 10.2. The first-order valence-corrected chi connectivity index (χ1v) is 8.07. The molecule has 1 aromatic rings. The van der Waals surface area contributed by atoms with Gasteiger partial charge in [0.15, 0.2) is 0 Å². The van der Waals surface area contributed by atoms with Crippen LogP contribution in [0.15, 0.2) is 0 Å². The van der Waals surface area contributed by atoms with E-state index in [4.69, 9.17) is 0 Å². The Morgan fingerprint density at radius 1 is 1.38 bits per heavy atom. The van der Waals surface area contributed by atoms with Gasteiger partial charge in [-0.05, 0) is 33.4 Å². The maximum absolute atomic E-state index is 4.63. The summed E-state index contributed by atoms with van der Waals surface area (Å²) in [5.41, 5.74) is 2.46. The van der Waals surface area contributed by atoms with E-state index in [-0.39, 0.29) is 0 Å². The third-order valence-electron chi connectivity index (χ3n) is 4.52. The molecule has 120 valence electrons. The molecule has 5 nitrogen and oxygen atoms in total. The van der Waals surface area contributed by atoms with E-state index in [0.717, 1.165) is 18.8 Å². The second-order valence-electron chi connectivity index (χ2n) is 6.70. The van der Waals surface area contributed by atoms with Gasteiger partial charge in [-0.2, -0.15) is 5.10 Å². The van der Waals surface area contributed by atoms with Crippen molar-refractivity contribution in [1.82, 2.24) is 20.0 Å². The van der Waals surface area contributed by atoms with Gasteiger partial charge in [0.05, 0.1) is 5.69 Å². The maximum atomic E-state index is 4.63. The van der Waals surface area contributed by atoms with E-state index in [9.17, 15) is 0 Å². The molecule has 0 aromatic carbocycles. The Hall–Kier alpha value is -1.07. The van der Waals surface area contributed by atoms with Crippen molar-refractivity contribution in [3.8, 4) is 0 Å². The van der Waals surface area contributed by atoms with Crippen LogP contribution in [0.2, 0.25) is 0 Å². The molecule has 5 heteroatoms. The fourth-order valence-corrected chi connectivity index (χ4v) is 3.29. The molecule has 2 heterocycles. The molecule has 1 atom stereocenters. The smallest absolute Gasteiger partial charge is 0.131 e. The fourth-order valence-electron chi connectivity index (χ4n) is 3.29. The molecule has 0 bridgehead atoms. The van der Waals surface area contributed by atoms with Gasteiger partial charge in [-0.3, -0.25) is 4.68 Å². The van der Waals surface area contributed by atoms with Gasteiger partial charge in [0, 0.05) is 44.8 Å². The lowest BCUT2D eigenvalue weighted by molar-refractivity contribution is 0.313. The van der Waals surface area contributed by atoms with Crippen LogP contribution in [0.3, 0.4) is 0 Å². The Morgan fingerprint density at radius 3 is 2.67 bits per heavy atom. The molecule has 1 aromatic heterocycles. The highest BCUT2D eigenvalue weighted by Gasteiger charge is 2.25. The van der Waals surface area contributed by atoms with Gasteiger partial charge >= 0.3 is 0 Å². The van der Waals surface area contributed by atoms with Crippen LogP contribution in [0.5, 0.6) is 0 Å². The van der Waals surface area contributed by atoms with Crippen molar-refractivity contribution in [1.29, 1.82) is 0 Å². The van der Waals surface area contributed by atoms with Crippen molar-refractivity contribution >= 4 is 5.82 Å². The number of aryl methyl sites for hydroxylation is 2. The molecule has 1 unspecified atom stereocenters. The van der Waals surface area contributed by atoms with Crippen LogP contribution in [0.4, 0.5) is 5.82 Å². The van der Waals surface area contributed by atoms with Crippen molar-refractivity contribution in [3.63, 3.8) is 0 Å². The van der Waals surface area contributed by atoms with Crippen molar-refractivity contribution < 1.29 is 0 Å². The summed E-state index contributed by atoms with van der Waals surface area (Å²) in [7, 11) is 6.48. The third kappa shape index (κ3) is 3.77. The van der Waals surface area contributed by atoms with Crippen LogP contribution in [0.25, 0.3) is 0 Å². The number of hydrogen-bond acceptors (Lipinski definition) is 4. The zero-order valence-electron chi connectivity index (χ0n) is 14.5. The van der Waals surface area contributed by atoms with Crippen LogP contribution in [-0.4, -0.2) is 53.9 Å². The second-order valence-corrected chi connectivity index (χ2v) is 6.70. The number of rotatable bonds is 6. The summed E-state index contributed by atoms with van der Waals surface area (Å²) in [5.74, 6) is 1.25.